The highest BCUT2D eigenvalue weighted by molar-refractivity contribution is 9.09. The summed E-state index contributed by atoms with van der Waals surface area (Å²) in [5.41, 5.74) is 13.2. The second-order valence-corrected chi connectivity index (χ2v) is 27.9. The lowest BCUT2D eigenvalue weighted by molar-refractivity contribution is 0.0523. The highest BCUT2D eigenvalue weighted by atomic mass is 79.9. The number of fused-ring (bicyclic) bond motifs is 4. The van der Waals surface area contributed by atoms with Crippen molar-refractivity contribution in [1.82, 2.24) is 0 Å². The van der Waals surface area contributed by atoms with E-state index in [2.05, 4.69) is 15.9 Å². The Balaban J connectivity index is 0.000000234. The fourth-order valence-corrected chi connectivity index (χ4v) is 14.5. The molecule has 0 amide bonds. The second-order valence-electron chi connectivity index (χ2n) is 23.1. The summed E-state index contributed by atoms with van der Waals surface area (Å²) >= 11 is 3.38. The van der Waals surface area contributed by atoms with Crippen molar-refractivity contribution in [3.63, 3.8) is 0 Å². The van der Waals surface area contributed by atoms with Crippen molar-refractivity contribution in [2.24, 2.45) is 0 Å². The van der Waals surface area contributed by atoms with Crippen molar-refractivity contribution in [1.29, 1.82) is 0 Å². The maximum atomic E-state index is 12.5. The van der Waals surface area contributed by atoms with Crippen molar-refractivity contribution in [3.05, 3.63) is 136 Å². The first-order chi connectivity index (χ1) is 45.5. The van der Waals surface area contributed by atoms with Gasteiger partial charge in [0.1, 0.15) is 94.7 Å². The Morgan fingerprint density at radius 3 is 0.990 bits per heavy atom. The zero-order valence-electron chi connectivity index (χ0n) is 57.6. The van der Waals surface area contributed by atoms with Crippen LogP contribution in [-0.2, 0) is 93.8 Å². The SMILES string of the molecule is CCOP(=O)(CCC/C(C)=C/Cc1c(O)c2c(c(C)c1OC)COC2=O)OCC.CCOP(=O)(O)CCC/C(C)=C/Cc1c(O)c2c(c(C)c1OC)COC2=O.COc1c(C)c2c(c(O)c1C/C=C(\C)CBr)C(=O)OC2.COc1c(C)c2c(c(O)c1C/C=C(\C)CO)C(=O)OC2. The highest BCUT2D eigenvalue weighted by Gasteiger charge is 2.36. The lowest BCUT2D eigenvalue weighted by atomic mass is 9.94. The molecule has 0 fully saturated rings. The molecule has 0 aliphatic carbocycles. The molecule has 0 bridgehead atoms. The molecule has 4 heterocycles. The van der Waals surface area contributed by atoms with E-state index in [0.717, 1.165) is 56.3 Å². The van der Waals surface area contributed by atoms with Gasteiger partial charge in [0.05, 0.1) is 67.2 Å². The van der Waals surface area contributed by atoms with Gasteiger partial charge in [-0.2, -0.15) is 0 Å². The predicted octanol–water partition coefficient (Wildman–Crippen LogP) is 13.9. The zero-order chi connectivity index (χ0) is 71.5. The number of phenolic OH excluding ortho intramolecular Hbond substituents is 4. The summed E-state index contributed by atoms with van der Waals surface area (Å²) < 4.78 is 81.5. The Bertz CT molecular complexity index is 3650. The molecule has 8 rings (SSSR count). The number of halogens is 1. The molecule has 96 heavy (non-hydrogen) atoms. The molecule has 26 heteroatoms. The minimum absolute atomic E-state index is 0.0245. The van der Waals surface area contributed by atoms with E-state index in [9.17, 15) is 53.6 Å². The molecule has 528 valence electrons. The molecule has 4 aromatic carbocycles. The molecule has 0 saturated carbocycles. The van der Waals surface area contributed by atoms with Gasteiger partial charge >= 0.3 is 39.1 Å². The number of hydrogen-bond donors (Lipinski definition) is 6. The number of alkyl halides is 1. The average Bonchev–Trinajstić information content (AvgIpc) is 1.52. The highest BCUT2D eigenvalue weighted by Crippen LogP contribution is 2.50. The number of carbonyl (C=O) groups excluding carboxylic acids is 4. The van der Waals surface area contributed by atoms with E-state index in [1.807, 2.05) is 66.7 Å². The third kappa shape index (κ3) is 19.1. The number of ether oxygens (including phenoxy) is 8. The number of benzene rings is 4. The van der Waals surface area contributed by atoms with Crippen LogP contribution in [0.25, 0.3) is 0 Å². The molecular weight excluding hydrogens is 1350 g/mol. The molecule has 0 aromatic heterocycles. The minimum Gasteiger partial charge on any atom is -0.507 e. The van der Waals surface area contributed by atoms with Gasteiger partial charge in [-0.05, 0) is 150 Å². The normalized spacial score (nSPS) is 14.7. The number of aliphatic hydroxyl groups is 1. The molecule has 1 unspecified atom stereocenters. The summed E-state index contributed by atoms with van der Waals surface area (Å²) in [6.45, 7) is 21.9. The Morgan fingerprint density at radius 1 is 0.458 bits per heavy atom. The standard InChI is InChI=1S/C21H31O7P.C19H27O7P.C15H17BrO4.C15H18O5/c1-6-27-29(24,28-7-2)12-8-9-14(3)10-11-16-19(22)18-17(13-26-21(18)23)15(4)20(16)25-5;1-5-26-27(22,23)10-6-7-12(2)8-9-14-17(20)16-15(11-25-19(16)21)13(3)18(14)24-4;2*1-8(6-16)4-5-10-13(17)12-11(7-20-15(12)18)9(2)14(10)19-3/h10,22H,6-9,11-13H2,1-5H3;8,20H,5-7,9-11H2,1-4H3,(H,22,23);4,17H,5-7H2,1-3H3;4,16-17H,5-7H2,1-3H3/b14-10+;12-8+;2*8-4+. The zero-order valence-corrected chi connectivity index (χ0v) is 61.0. The third-order valence-corrected chi connectivity index (χ3v) is 21.3. The van der Waals surface area contributed by atoms with Gasteiger partial charge in [-0.3, -0.25) is 9.13 Å². The maximum Gasteiger partial charge on any atom is 0.342 e. The topological polar surface area (TPSA) is 325 Å². The molecule has 4 aliphatic rings. The summed E-state index contributed by atoms with van der Waals surface area (Å²) in [5, 5.41) is 51.7. The summed E-state index contributed by atoms with van der Waals surface area (Å²) in [7, 11) is -0.378. The van der Waals surface area contributed by atoms with E-state index >= 15 is 0 Å². The summed E-state index contributed by atoms with van der Waals surface area (Å²) in [5.74, 6) is -0.00193. The van der Waals surface area contributed by atoms with Crippen LogP contribution in [0, 0.1) is 27.7 Å². The largest absolute Gasteiger partial charge is 0.507 e. The van der Waals surface area contributed by atoms with E-state index in [4.69, 9.17) is 56.6 Å². The predicted molar refractivity (Wildman–Crippen MR) is 365 cm³/mol. The summed E-state index contributed by atoms with van der Waals surface area (Å²) in [6.07, 6.45) is 12.4. The molecule has 4 aromatic rings. The van der Waals surface area contributed by atoms with Gasteiger partial charge in [0.15, 0.2) is 0 Å². The lowest BCUT2D eigenvalue weighted by Crippen LogP contribution is -2.03. The Labute approximate surface area is 570 Å². The molecule has 4 aliphatic heterocycles. The first-order valence-electron chi connectivity index (χ1n) is 31.5. The van der Waals surface area contributed by atoms with Crippen LogP contribution in [0.1, 0.15) is 182 Å². The van der Waals surface area contributed by atoms with E-state index in [1.165, 1.54) is 14.2 Å². The van der Waals surface area contributed by atoms with Gasteiger partial charge in [-0.15, -0.1) is 0 Å². The number of esters is 4. The smallest absolute Gasteiger partial charge is 0.342 e. The Morgan fingerprint density at radius 2 is 0.729 bits per heavy atom. The average molecular weight is 1440 g/mol. The summed E-state index contributed by atoms with van der Waals surface area (Å²) in [6, 6.07) is 0. The van der Waals surface area contributed by atoms with Crippen LogP contribution >= 0.6 is 31.1 Å². The number of aliphatic hydroxyl groups excluding tert-OH is 1. The molecule has 0 spiro atoms. The molecule has 6 N–H and O–H groups in total. The molecule has 0 saturated heterocycles. The second kappa shape index (κ2) is 36.4. The Kier molecular flexibility index (Phi) is 30.2. The van der Waals surface area contributed by atoms with Crippen molar-refractivity contribution in [3.8, 4) is 46.0 Å². The minimum atomic E-state index is -3.51. The monoisotopic (exact) mass is 1440 g/mol. The van der Waals surface area contributed by atoms with Gasteiger partial charge in [0.2, 0.25) is 0 Å². The van der Waals surface area contributed by atoms with Crippen molar-refractivity contribution < 1.29 is 110 Å². The van der Waals surface area contributed by atoms with Gasteiger partial charge in [-0.1, -0.05) is 62.5 Å². The first-order valence-corrected chi connectivity index (χ1v) is 36.1. The van der Waals surface area contributed by atoms with Crippen LogP contribution in [0.2, 0.25) is 0 Å². The van der Waals surface area contributed by atoms with Crippen LogP contribution in [-0.4, -0.2) is 127 Å². The van der Waals surface area contributed by atoms with E-state index in [-0.39, 0.29) is 91.1 Å². The number of carbonyl (C=O) groups is 4. The van der Waals surface area contributed by atoms with E-state index in [1.54, 1.807) is 48.0 Å². The molecule has 0 radical (unpaired) electrons. The quantitative estimate of drug-likeness (QED) is 0.0101. The number of cyclic esters (lactones) is 4. The van der Waals surface area contributed by atoms with Gasteiger partial charge in [0, 0.05) is 49.8 Å². The van der Waals surface area contributed by atoms with Gasteiger partial charge in [0.25, 0.3) is 0 Å². The van der Waals surface area contributed by atoms with Crippen LogP contribution in [0.4, 0.5) is 0 Å². The number of rotatable bonds is 28. The molecule has 23 nitrogen and oxygen atoms in total. The van der Waals surface area contributed by atoms with Gasteiger partial charge in [-0.25, -0.2) is 19.2 Å². The van der Waals surface area contributed by atoms with Crippen molar-refractivity contribution in [2.75, 3.05) is 72.5 Å². The maximum absolute atomic E-state index is 12.5. The van der Waals surface area contributed by atoms with E-state index in [0.29, 0.717) is 132 Å². The van der Waals surface area contributed by atoms with Crippen LogP contribution in [0.5, 0.6) is 46.0 Å². The van der Waals surface area contributed by atoms with Crippen LogP contribution < -0.4 is 18.9 Å². The van der Waals surface area contributed by atoms with Crippen molar-refractivity contribution >= 4 is 55.0 Å². The van der Waals surface area contributed by atoms with E-state index < -0.39 is 39.1 Å². The van der Waals surface area contributed by atoms with Gasteiger partial charge < -0.3 is 81.9 Å². The van der Waals surface area contributed by atoms with Crippen LogP contribution in [0.3, 0.4) is 0 Å². The number of methoxy groups -OCH3 is 4. The molecular formula is C70H93BrO23P2. The van der Waals surface area contributed by atoms with Crippen LogP contribution in [0.15, 0.2) is 46.6 Å². The lowest BCUT2D eigenvalue weighted by Gasteiger charge is -2.17. The number of hydrogen-bond acceptors (Lipinski definition) is 22. The number of allylic oxidation sites excluding steroid dienone is 7. The van der Waals surface area contributed by atoms with Crippen molar-refractivity contribution in [2.45, 2.75) is 154 Å². The fraction of sp³-hybridized carbons (Fsp3) is 0.486. The number of aromatic hydroxyl groups is 4. The first kappa shape index (κ1) is 79.5. The fourth-order valence-electron chi connectivity index (χ4n) is 11.5. The third-order valence-electron chi connectivity index (χ3n) is 16.7. The number of phenols is 4. The summed E-state index contributed by atoms with van der Waals surface area (Å²) in [4.78, 5) is 56.9. The molecule has 1 atom stereocenters. The Hall–Kier alpha value is -7.14.